The topological polar surface area (TPSA) is 46.3 Å². The molecule has 2 atom stereocenters. The first-order valence-electron chi connectivity index (χ1n) is 6.02. The highest BCUT2D eigenvalue weighted by Crippen LogP contribution is 2.18. The SMILES string of the molecule is CC=C/C=C/C(=O)N1CCC(N)C(CC)C1. The second-order valence-electron chi connectivity index (χ2n) is 4.29. The molecule has 0 saturated carbocycles. The predicted octanol–water partition coefficient (Wildman–Crippen LogP) is 1.70. The third-order valence-corrected chi connectivity index (χ3v) is 3.17. The summed E-state index contributed by atoms with van der Waals surface area (Å²) >= 11 is 0. The molecule has 1 amide bonds. The first-order valence-corrected chi connectivity index (χ1v) is 6.02. The minimum atomic E-state index is 0.100. The molecule has 0 bridgehead atoms. The van der Waals surface area contributed by atoms with Crippen LogP contribution in [0.25, 0.3) is 0 Å². The van der Waals surface area contributed by atoms with E-state index >= 15 is 0 Å². The monoisotopic (exact) mass is 222 g/mol. The van der Waals surface area contributed by atoms with Crippen LogP contribution < -0.4 is 5.73 Å². The summed E-state index contributed by atoms with van der Waals surface area (Å²) in [5, 5.41) is 0. The number of amides is 1. The molecule has 2 N–H and O–H groups in total. The molecule has 1 fully saturated rings. The van der Waals surface area contributed by atoms with E-state index in [9.17, 15) is 4.79 Å². The fourth-order valence-electron chi connectivity index (χ4n) is 2.04. The number of nitrogens with two attached hydrogens (primary N) is 1. The summed E-state index contributed by atoms with van der Waals surface area (Å²) in [5.41, 5.74) is 6.01. The Morgan fingerprint density at radius 2 is 2.25 bits per heavy atom. The Labute approximate surface area is 98.0 Å². The largest absolute Gasteiger partial charge is 0.339 e. The highest BCUT2D eigenvalue weighted by atomic mass is 16.2. The summed E-state index contributed by atoms with van der Waals surface area (Å²) in [6, 6.07) is 0.258. The average Bonchev–Trinajstić information content (AvgIpc) is 2.30. The highest BCUT2D eigenvalue weighted by molar-refractivity contribution is 5.87. The first kappa shape index (κ1) is 13.0. The van der Waals surface area contributed by atoms with Crippen LogP contribution in [-0.4, -0.2) is 29.9 Å². The molecule has 0 aromatic carbocycles. The Morgan fingerprint density at radius 1 is 1.50 bits per heavy atom. The summed E-state index contributed by atoms with van der Waals surface area (Å²) in [4.78, 5) is 13.7. The Morgan fingerprint density at radius 3 is 2.88 bits per heavy atom. The van der Waals surface area contributed by atoms with Gasteiger partial charge in [-0.3, -0.25) is 4.79 Å². The molecule has 1 rings (SSSR count). The van der Waals surface area contributed by atoms with Crippen LogP contribution in [0.4, 0.5) is 0 Å². The molecule has 2 unspecified atom stereocenters. The molecule has 1 saturated heterocycles. The van der Waals surface area contributed by atoms with Gasteiger partial charge in [0, 0.05) is 25.2 Å². The lowest BCUT2D eigenvalue weighted by molar-refractivity contribution is -0.128. The molecular weight excluding hydrogens is 200 g/mol. The fraction of sp³-hybridized carbons (Fsp3) is 0.615. The van der Waals surface area contributed by atoms with Crippen LogP contribution in [-0.2, 0) is 4.79 Å². The summed E-state index contributed by atoms with van der Waals surface area (Å²) in [5.74, 6) is 0.552. The van der Waals surface area contributed by atoms with E-state index in [1.54, 1.807) is 12.2 Å². The third kappa shape index (κ3) is 3.49. The molecule has 0 aromatic rings. The van der Waals surface area contributed by atoms with Crippen molar-refractivity contribution in [3.05, 3.63) is 24.3 Å². The second kappa shape index (κ2) is 6.48. The summed E-state index contributed by atoms with van der Waals surface area (Å²) in [6.07, 6.45) is 9.16. The lowest BCUT2D eigenvalue weighted by Crippen LogP contribution is -2.48. The average molecular weight is 222 g/mol. The van der Waals surface area contributed by atoms with Gasteiger partial charge in [0.25, 0.3) is 0 Å². The molecule has 3 nitrogen and oxygen atoms in total. The molecular formula is C13H22N2O. The van der Waals surface area contributed by atoms with Gasteiger partial charge in [-0.25, -0.2) is 0 Å². The van der Waals surface area contributed by atoms with Crippen molar-refractivity contribution < 1.29 is 4.79 Å². The van der Waals surface area contributed by atoms with Gasteiger partial charge in [-0.15, -0.1) is 0 Å². The lowest BCUT2D eigenvalue weighted by atomic mass is 9.91. The number of piperidine rings is 1. The maximum Gasteiger partial charge on any atom is 0.246 e. The Bertz CT molecular complexity index is 284. The molecule has 3 heteroatoms. The van der Waals surface area contributed by atoms with E-state index in [4.69, 9.17) is 5.73 Å². The number of nitrogens with zero attached hydrogens (tertiary/aromatic N) is 1. The van der Waals surface area contributed by atoms with Crippen LogP contribution in [0.2, 0.25) is 0 Å². The van der Waals surface area contributed by atoms with E-state index in [0.717, 1.165) is 25.9 Å². The van der Waals surface area contributed by atoms with Crippen molar-refractivity contribution in [2.75, 3.05) is 13.1 Å². The zero-order chi connectivity index (χ0) is 12.0. The number of hydrogen-bond donors (Lipinski definition) is 1. The number of rotatable bonds is 3. The van der Waals surface area contributed by atoms with E-state index in [-0.39, 0.29) is 11.9 Å². The predicted molar refractivity (Wildman–Crippen MR) is 66.9 cm³/mol. The standard InChI is InChI=1S/C13H22N2O/c1-3-5-6-7-13(16)15-9-8-12(14)11(4-2)10-15/h3,5-7,11-12H,4,8-10,14H2,1-2H3/b5-3?,7-6+. The molecule has 16 heavy (non-hydrogen) atoms. The van der Waals surface area contributed by atoms with Crippen LogP contribution in [0.3, 0.4) is 0 Å². The van der Waals surface area contributed by atoms with Gasteiger partial charge in [0.05, 0.1) is 0 Å². The fourth-order valence-corrected chi connectivity index (χ4v) is 2.04. The van der Waals surface area contributed by atoms with Crippen LogP contribution >= 0.6 is 0 Å². The van der Waals surface area contributed by atoms with Crippen molar-refractivity contribution >= 4 is 5.91 Å². The van der Waals surface area contributed by atoms with Gasteiger partial charge < -0.3 is 10.6 Å². The van der Waals surface area contributed by atoms with E-state index in [0.29, 0.717) is 5.92 Å². The molecule has 1 aliphatic rings. The van der Waals surface area contributed by atoms with E-state index in [1.165, 1.54) is 0 Å². The maximum atomic E-state index is 11.8. The molecule has 90 valence electrons. The molecule has 0 radical (unpaired) electrons. The quantitative estimate of drug-likeness (QED) is 0.583. The Kier molecular flexibility index (Phi) is 5.26. The van der Waals surface area contributed by atoms with Crippen molar-refractivity contribution in [3.8, 4) is 0 Å². The normalized spacial score (nSPS) is 26.8. The summed E-state index contributed by atoms with van der Waals surface area (Å²) < 4.78 is 0. The van der Waals surface area contributed by atoms with Gasteiger partial charge in [-0.1, -0.05) is 31.6 Å². The summed E-state index contributed by atoms with van der Waals surface area (Å²) in [6.45, 7) is 5.66. The smallest absolute Gasteiger partial charge is 0.246 e. The van der Waals surface area contributed by atoms with Crippen LogP contribution in [0.15, 0.2) is 24.3 Å². The van der Waals surface area contributed by atoms with Gasteiger partial charge in [0.1, 0.15) is 0 Å². The Balaban J connectivity index is 2.51. The lowest BCUT2D eigenvalue weighted by Gasteiger charge is -2.36. The zero-order valence-electron chi connectivity index (χ0n) is 10.2. The molecule has 1 heterocycles. The van der Waals surface area contributed by atoms with Crippen molar-refractivity contribution in [1.82, 2.24) is 4.90 Å². The molecule has 0 spiro atoms. The van der Waals surface area contributed by atoms with E-state index in [1.807, 2.05) is 24.0 Å². The third-order valence-electron chi connectivity index (χ3n) is 3.17. The van der Waals surface area contributed by atoms with Crippen LogP contribution in [0.5, 0.6) is 0 Å². The van der Waals surface area contributed by atoms with Gasteiger partial charge in [0.2, 0.25) is 5.91 Å². The van der Waals surface area contributed by atoms with Crippen molar-refractivity contribution in [2.45, 2.75) is 32.7 Å². The first-order chi connectivity index (χ1) is 7.69. The minimum Gasteiger partial charge on any atom is -0.339 e. The number of carbonyl (C=O) groups excluding carboxylic acids is 1. The van der Waals surface area contributed by atoms with Crippen molar-refractivity contribution in [1.29, 1.82) is 0 Å². The second-order valence-corrected chi connectivity index (χ2v) is 4.29. The summed E-state index contributed by atoms with van der Waals surface area (Å²) in [7, 11) is 0. The van der Waals surface area contributed by atoms with E-state index < -0.39 is 0 Å². The van der Waals surface area contributed by atoms with Crippen molar-refractivity contribution in [3.63, 3.8) is 0 Å². The van der Waals surface area contributed by atoms with E-state index in [2.05, 4.69) is 6.92 Å². The van der Waals surface area contributed by atoms with Gasteiger partial charge >= 0.3 is 0 Å². The number of allylic oxidation sites excluding steroid dienone is 3. The number of carbonyl (C=O) groups is 1. The van der Waals surface area contributed by atoms with Gasteiger partial charge in [-0.05, 0) is 19.3 Å². The van der Waals surface area contributed by atoms with Crippen LogP contribution in [0, 0.1) is 5.92 Å². The maximum absolute atomic E-state index is 11.8. The van der Waals surface area contributed by atoms with Crippen LogP contribution in [0.1, 0.15) is 26.7 Å². The highest BCUT2D eigenvalue weighted by Gasteiger charge is 2.26. The minimum absolute atomic E-state index is 0.100. The zero-order valence-corrected chi connectivity index (χ0v) is 10.2. The van der Waals surface area contributed by atoms with Gasteiger partial charge in [0.15, 0.2) is 0 Å². The molecule has 0 aliphatic carbocycles. The number of likely N-dealkylation sites (tertiary alicyclic amines) is 1. The van der Waals surface area contributed by atoms with Gasteiger partial charge in [-0.2, -0.15) is 0 Å². The molecule has 1 aliphatic heterocycles. The van der Waals surface area contributed by atoms with Crippen molar-refractivity contribution in [2.24, 2.45) is 11.7 Å². The number of hydrogen-bond acceptors (Lipinski definition) is 2. The Hall–Kier alpha value is -1.09. The molecule has 0 aromatic heterocycles.